The van der Waals surface area contributed by atoms with Crippen LogP contribution in [0.5, 0.6) is 0 Å². The molecule has 0 heterocycles. The summed E-state index contributed by atoms with van der Waals surface area (Å²) in [6.07, 6.45) is -2.14. The highest BCUT2D eigenvalue weighted by Gasteiger charge is 2.19. The summed E-state index contributed by atoms with van der Waals surface area (Å²) in [6, 6.07) is 6.17. The minimum atomic E-state index is -1.10. The molecule has 0 amide bonds. The molecule has 0 saturated heterocycles. The van der Waals surface area contributed by atoms with Crippen molar-refractivity contribution >= 4 is 22.8 Å². The molecule has 1 rings (SSSR count). The Morgan fingerprint density at radius 1 is 1.25 bits per heavy atom. The number of rotatable bonds is 6. The van der Waals surface area contributed by atoms with Crippen molar-refractivity contribution in [3.63, 3.8) is 0 Å². The zero-order valence-electron chi connectivity index (χ0n) is 11.4. The van der Waals surface area contributed by atoms with Gasteiger partial charge in [0.2, 0.25) is 0 Å². The molecule has 1 aromatic carbocycles. The molecule has 0 radical (unpaired) electrons. The van der Waals surface area contributed by atoms with E-state index in [0.29, 0.717) is 17.7 Å². The maximum absolute atomic E-state index is 11.5. The monoisotopic (exact) mass is 298 g/mol. The van der Waals surface area contributed by atoms with Crippen LogP contribution in [0.2, 0.25) is 0 Å². The zero-order chi connectivity index (χ0) is 15.1. The standard InChI is InChI=1S/C14H18O5S/c1-3-19-14(18)11-6-4-10(5-7-11)13(17)12(16)8-20-9(2)15/h4-7,12-13,16-17H,3,8H2,1-2H3. The summed E-state index contributed by atoms with van der Waals surface area (Å²) in [5.74, 6) is -0.308. The number of esters is 1. The lowest BCUT2D eigenvalue weighted by Crippen LogP contribution is -2.21. The van der Waals surface area contributed by atoms with E-state index in [9.17, 15) is 19.8 Å². The van der Waals surface area contributed by atoms with Crippen molar-refractivity contribution in [2.45, 2.75) is 26.1 Å². The first kappa shape index (κ1) is 16.7. The second-order valence-corrected chi connectivity index (χ2v) is 5.35. The van der Waals surface area contributed by atoms with E-state index in [4.69, 9.17) is 4.74 Å². The van der Waals surface area contributed by atoms with E-state index in [-0.39, 0.29) is 10.9 Å². The van der Waals surface area contributed by atoms with Crippen molar-refractivity contribution < 1.29 is 24.5 Å². The minimum absolute atomic E-state index is 0.117. The zero-order valence-corrected chi connectivity index (χ0v) is 12.2. The van der Waals surface area contributed by atoms with Crippen molar-refractivity contribution in [1.29, 1.82) is 0 Å². The Morgan fingerprint density at radius 3 is 2.35 bits per heavy atom. The van der Waals surface area contributed by atoms with Crippen molar-refractivity contribution in [2.24, 2.45) is 0 Å². The average Bonchev–Trinajstić information content (AvgIpc) is 2.44. The number of aliphatic hydroxyl groups excluding tert-OH is 2. The van der Waals surface area contributed by atoms with E-state index < -0.39 is 18.2 Å². The third kappa shape index (κ3) is 4.96. The number of aliphatic hydroxyl groups is 2. The van der Waals surface area contributed by atoms with Gasteiger partial charge in [0.05, 0.1) is 18.3 Å². The van der Waals surface area contributed by atoms with Crippen LogP contribution in [0.15, 0.2) is 24.3 Å². The molecule has 0 spiro atoms. The molecule has 1 aromatic rings. The molecule has 0 fully saturated rings. The highest BCUT2D eigenvalue weighted by atomic mass is 32.2. The smallest absolute Gasteiger partial charge is 0.338 e. The molecule has 0 aromatic heterocycles. The van der Waals surface area contributed by atoms with E-state index in [1.165, 1.54) is 19.1 Å². The summed E-state index contributed by atoms with van der Waals surface area (Å²) in [7, 11) is 0. The van der Waals surface area contributed by atoms with Crippen LogP contribution in [0.1, 0.15) is 35.9 Å². The molecule has 0 aliphatic heterocycles. The summed E-state index contributed by atoms with van der Waals surface area (Å²) in [5, 5.41) is 19.6. The number of hydrogen-bond acceptors (Lipinski definition) is 6. The van der Waals surface area contributed by atoms with Crippen LogP contribution in [0.25, 0.3) is 0 Å². The fourth-order valence-electron chi connectivity index (χ4n) is 1.55. The molecular weight excluding hydrogens is 280 g/mol. The highest BCUT2D eigenvalue weighted by Crippen LogP contribution is 2.20. The van der Waals surface area contributed by atoms with Crippen LogP contribution in [-0.4, -0.2) is 39.8 Å². The first-order chi connectivity index (χ1) is 9.45. The van der Waals surface area contributed by atoms with Gasteiger partial charge in [-0.2, -0.15) is 0 Å². The maximum atomic E-state index is 11.5. The van der Waals surface area contributed by atoms with Gasteiger partial charge < -0.3 is 14.9 Å². The highest BCUT2D eigenvalue weighted by molar-refractivity contribution is 8.13. The molecule has 2 N–H and O–H groups in total. The van der Waals surface area contributed by atoms with Crippen molar-refractivity contribution in [3.05, 3.63) is 35.4 Å². The molecular formula is C14H18O5S. The van der Waals surface area contributed by atoms with Gasteiger partial charge in [-0.25, -0.2) is 4.79 Å². The molecule has 0 saturated carbocycles. The Bertz CT molecular complexity index is 457. The first-order valence-corrected chi connectivity index (χ1v) is 7.20. The fourth-order valence-corrected chi connectivity index (χ4v) is 2.13. The van der Waals surface area contributed by atoms with Crippen molar-refractivity contribution in [1.82, 2.24) is 0 Å². The van der Waals surface area contributed by atoms with Crippen LogP contribution in [-0.2, 0) is 9.53 Å². The van der Waals surface area contributed by atoms with Gasteiger partial charge in [0.15, 0.2) is 5.12 Å². The van der Waals surface area contributed by atoms with Crippen LogP contribution >= 0.6 is 11.8 Å². The van der Waals surface area contributed by atoms with Gasteiger partial charge in [-0.1, -0.05) is 23.9 Å². The number of carbonyl (C=O) groups excluding carboxylic acids is 2. The van der Waals surface area contributed by atoms with Gasteiger partial charge in [-0.3, -0.25) is 4.79 Å². The number of thioether (sulfide) groups is 1. The van der Waals surface area contributed by atoms with E-state index >= 15 is 0 Å². The Labute approximate surface area is 121 Å². The normalized spacial score (nSPS) is 13.6. The maximum Gasteiger partial charge on any atom is 0.338 e. The molecule has 6 heteroatoms. The topological polar surface area (TPSA) is 83.8 Å². The minimum Gasteiger partial charge on any atom is -0.462 e. The molecule has 110 valence electrons. The Morgan fingerprint density at radius 2 is 1.85 bits per heavy atom. The van der Waals surface area contributed by atoms with Crippen molar-refractivity contribution in [2.75, 3.05) is 12.4 Å². The lowest BCUT2D eigenvalue weighted by molar-refractivity contribution is -0.109. The summed E-state index contributed by atoms with van der Waals surface area (Å²) in [4.78, 5) is 22.3. The molecule has 0 aliphatic carbocycles. The van der Waals surface area contributed by atoms with Gasteiger partial charge in [0.25, 0.3) is 0 Å². The second-order valence-electron chi connectivity index (χ2n) is 4.16. The fraction of sp³-hybridized carbons (Fsp3) is 0.429. The Hall–Kier alpha value is -1.37. The van der Waals surface area contributed by atoms with E-state index in [0.717, 1.165) is 11.8 Å². The van der Waals surface area contributed by atoms with Gasteiger partial charge >= 0.3 is 5.97 Å². The van der Waals surface area contributed by atoms with E-state index in [1.54, 1.807) is 19.1 Å². The number of carbonyl (C=O) groups is 2. The number of ether oxygens (including phenoxy) is 1. The first-order valence-electron chi connectivity index (χ1n) is 6.22. The van der Waals surface area contributed by atoms with Crippen LogP contribution in [0, 0.1) is 0 Å². The van der Waals surface area contributed by atoms with Crippen LogP contribution in [0.3, 0.4) is 0 Å². The summed E-state index contributed by atoms with van der Waals surface area (Å²) in [6.45, 7) is 3.42. The molecule has 2 unspecified atom stereocenters. The third-order valence-corrected chi connectivity index (χ3v) is 3.50. The molecule has 0 aliphatic rings. The lowest BCUT2D eigenvalue weighted by Gasteiger charge is -2.17. The van der Waals surface area contributed by atoms with Crippen molar-refractivity contribution in [3.8, 4) is 0 Å². The average molecular weight is 298 g/mol. The van der Waals surface area contributed by atoms with Crippen LogP contribution in [0.4, 0.5) is 0 Å². The Balaban J connectivity index is 2.67. The largest absolute Gasteiger partial charge is 0.462 e. The summed E-state index contributed by atoms with van der Waals surface area (Å²) in [5.41, 5.74) is 0.866. The van der Waals surface area contributed by atoms with Gasteiger partial charge in [0, 0.05) is 12.7 Å². The van der Waals surface area contributed by atoms with E-state index in [2.05, 4.69) is 0 Å². The van der Waals surface area contributed by atoms with Gasteiger partial charge in [0.1, 0.15) is 6.10 Å². The Kier molecular flexibility index (Phi) is 6.70. The van der Waals surface area contributed by atoms with E-state index in [1.807, 2.05) is 0 Å². The molecule has 2 atom stereocenters. The lowest BCUT2D eigenvalue weighted by atomic mass is 10.0. The quantitative estimate of drug-likeness (QED) is 0.775. The number of benzene rings is 1. The molecule has 0 bridgehead atoms. The van der Waals surface area contributed by atoms with Gasteiger partial charge in [-0.05, 0) is 24.6 Å². The predicted octanol–water partition coefficient (Wildman–Crippen LogP) is 1.54. The van der Waals surface area contributed by atoms with Crippen LogP contribution < -0.4 is 0 Å². The summed E-state index contributed by atoms with van der Waals surface area (Å²) >= 11 is 0.954. The molecule has 5 nitrogen and oxygen atoms in total. The molecule has 20 heavy (non-hydrogen) atoms. The predicted molar refractivity (Wildman–Crippen MR) is 76.5 cm³/mol. The second kappa shape index (κ2) is 8.04. The summed E-state index contributed by atoms with van der Waals surface area (Å²) < 4.78 is 4.85. The van der Waals surface area contributed by atoms with Gasteiger partial charge in [-0.15, -0.1) is 0 Å². The third-order valence-electron chi connectivity index (χ3n) is 2.59. The SMILES string of the molecule is CCOC(=O)c1ccc(C(O)C(O)CSC(C)=O)cc1. The number of hydrogen-bond donors (Lipinski definition) is 2.